The van der Waals surface area contributed by atoms with Crippen LogP contribution in [0.3, 0.4) is 0 Å². The van der Waals surface area contributed by atoms with Crippen molar-refractivity contribution in [2.45, 2.75) is 25.9 Å². The summed E-state index contributed by atoms with van der Waals surface area (Å²) in [4.78, 5) is 17.0. The molecule has 2 aromatic rings. The van der Waals surface area contributed by atoms with Gasteiger partial charge < -0.3 is 15.2 Å². The number of nitrogens with zero attached hydrogens (tertiary/aromatic N) is 2. The summed E-state index contributed by atoms with van der Waals surface area (Å²) in [5.41, 5.74) is 2.06. The van der Waals surface area contributed by atoms with Crippen molar-refractivity contribution in [3.05, 3.63) is 23.0 Å². The fourth-order valence-electron chi connectivity index (χ4n) is 1.93. The molecular formula is C13H19N3O3S. The number of ether oxygens (including phenoxy) is 1. The lowest BCUT2D eigenvalue weighted by molar-refractivity contribution is -0.121. The quantitative estimate of drug-likeness (QED) is 0.791. The Morgan fingerprint density at radius 3 is 3.20 bits per heavy atom. The van der Waals surface area contributed by atoms with E-state index in [9.17, 15) is 9.90 Å². The number of aromatic nitrogens is 2. The van der Waals surface area contributed by atoms with Gasteiger partial charge in [-0.05, 0) is 13.3 Å². The molecule has 0 fully saturated rings. The van der Waals surface area contributed by atoms with Crippen molar-refractivity contribution in [3.8, 4) is 0 Å². The van der Waals surface area contributed by atoms with Gasteiger partial charge in [-0.2, -0.15) is 0 Å². The highest BCUT2D eigenvalue weighted by Crippen LogP contribution is 2.17. The maximum absolute atomic E-state index is 11.7. The fraction of sp³-hybridized carbons (Fsp3) is 0.538. The van der Waals surface area contributed by atoms with Crippen LogP contribution in [0.25, 0.3) is 4.96 Å². The fourth-order valence-corrected chi connectivity index (χ4v) is 2.89. The van der Waals surface area contributed by atoms with Crippen LogP contribution < -0.4 is 5.32 Å². The highest BCUT2D eigenvalue weighted by atomic mass is 32.1. The van der Waals surface area contributed by atoms with Crippen LogP contribution in [0.5, 0.6) is 0 Å². The second-order valence-corrected chi connectivity index (χ2v) is 5.51. The molecule has 6 nitrogen and oxygen atoms in total. The lowest BCUT2D eigenvalue weighted by Gasteiger charge is -2.10. The maximum atomic E-state index is 11.7. The third-order valence-electron chi connectivity index (χ3n) is 2.91. The number of aliphatic hydroxyl groups is 1. The topological polar surface area (TPSA) is 75.9 Å². The van der Waals surface area contributed by atoms with Crippen molar-refractivity contribution in [3.63, 3.8) is 0 Å². The van der Waals surface area contributed by atoms with Gasteiger partial charge in [0.2, 0.25) is 5.91 Å². The van der Waals surface area contributed by atoms with Crippen LogP contribution >= 0.6 is 11.3 Å². The number of hydrogen-bond acceptors (Lipinski definition) is 5. The first-order valence-corrected chi connectivity index (χ1v) is 7.34. The second-order valence-electron chi connectivity index (χ2n) is 4.68. The molecule has 2 rings (SSSR count). The first-order chi connectivity index (χ1) is 9.60. The predicted molar refractivity (Wildman–Crippen MR) is 77.0 cm³/mol. The Morgan fingerprint density at radius 2 is 2.45 bits per heavy atom. The number of hydrogen-bond donors (Lipinski definition) is 2. The van der Waals surface area contributed by atoms with E-state index in [0.29, 0.717) is 12.8 Å². The van der Waals surface area contributed by atoms with Crippen molar-refractivity contribution in [1.82, 2.24) is 14.7 Å². The van der Waals surface area contributed by atoms with E-state index in [4.69, 9.17) is 4.74 Å². The first kappa shape index (κ1) is 15.0. The minimum Gasteiger partial charge on any atom is -0.389 e. The van der Waals surface area contributed by atoms with Gasteiger partial charge in [0.1, 0.15) is 0 Å². The predicted octanol–water partition coefficient (Wildman–Crippen LogP) is 0.760. The molecule has 20 heavy (non-hydrogen) atoms. The molecule has 0 saturated carbocycles. The molecule has 7 heteroatoms. The SMILES string of the molecule is COCC(O)CNC(=O)CCc1csc2nc(C)cn12. The largest absolute Gasteiger partial charge is 0.389 e. The molecule has 2 N–H and O–H groups in total. The van der Waals surface area contributed by atoms with Gasteiger partial charge >= 0.3 is 0 Å². The molecule has 1 atom stereocenters. The molecule has 0 radical (unpaired) electrons. The summed E-state index contributed by atoms with van der Waals surface area (Å²) in [6.07, 6.45) is 2.36. The molecule has 0 saturated heterocycles. The number of thiazole rings is 1. The molecule has 1 unspecified atom stereocenters. The van der Waals surface area contributed by atoms with E-state index < -0.39 is 6.10 Å². The maximum Gasteiger partial charge on any atom is 0.220 e. The van der Waals surface area contributed by atoms with Gasteiger partial charge in [-0.15, -0.1) is 11.3 Å². The molecule has 2 aromatic heterocycles. The summed E-state index contributed by atoms with van der Waals surface area (Å²) >= 11 is 1.57. The molecule has 0 bridgehead atoms. The highest BCUT2D eigenvalue weighted by molar-refractivity contribution is 7.15. The number of methoxy groups -OCH3 is 1. The Bertz CT molecular complexity index is 578. The average molecular weight is 297 g/mol. The van der Waals surface area contributed by atoms with Gasteiger partial charge in [-0.25, -0.2) is 4.98 Å². The number of rotatable bonds is 7. The van der Waals surface area contributed by atoms with E-state index in [1.807, 2.05) is 22.9 Å². The van der Waals surface area contributed by atoms with E-state index in [0.717, 1.165) is 16.3 Å². The van der Waals surface area contributed by atoms with E-state index >= 15 is 0 Å². The number of nitrogens with one attached hydrogen (secondary N) is 1. The first-order valence-electron chi connectivity index (χ1n) is 6.46. The third kappa shape index (κ3) is 3.78. The molecule has 110 valence electrons. The number of imidazole rings is 1. The van der Waals surface area contributed by atoms with Crippen molar-refractivity contribution in [1.29, 1.82) is 0 Å². The molecule has 1 amide bonds. The van der Waals surface area contributed by atoms with Gasteiger partial charge in [0.15, 0.2) is 4.96 Å². The Balaban J connectivity index is 1.81. The normalized spacial score (nSPS) is 12.8. The molecular weight excluding hydrogens is 278 g/mol. The summed E-state index contributed by atoms with van der Waals surface area (Å²) in [6, 6.07) is 0. The third-order valence-corrected chi connectivity index (χ3v) is 3.79. The minimum atomic E-state index is -0.659. The number of carbonyl (C=O) groups excluding carboxylic acids is 1. The summed E-state index contributed by atoms with van der Waals surface area (Å²) in [5.74, 6) is -0.0728. The van der Waals surface area contributed by atoms with Crippen LogP contribution in [0.2, 0.25) is 0 Å². The van der Waals surface area contributed by atoms with Gasteiger partial charge in [-0.1, -0.05) is 0 Å². The van der Waals surface area contributed by atoms with Crippen molar-refractivity contribution in [2.24, 2.45) is 0 Å². The van der Waals surface area contributed by atoms with E-state index in [1.54, 1.807) is 11.3 Å². The number of amides is 1. The average Bonchev–Trinajstić information content (AvgIpc) is 2.93. The zero-order valence-electron chi connectivity index (χ0n) is 11.6. The Labute approximate surface area is 121 Å². The molecule has 0 spiro atoms. The molecule has 0 aliphatic carbocycles. The van der Waals surface area contributed by atoms with Crippen molar-refractivity contribution < 1.29 is 14.6 Å². The molecule has 2 heterocycles. The Kier molecular flexibility index (Phi) is 5.11. The molecule has 0 aromatic carbocycles. The second kappa shape index (κ2) is 6.83. The number of carbonyl (C=O) groups is 1. The van der Waals surface area contributed by atoms with Crippen molar-refractivity contribution >= 4 is 22.2 Å². The standard InChI is InChI=1S/C13H19N3O3S/c1-9-6-16-10(8-20-13(16)15-9)3-4-12(18)14-5-11(17)7-19-2/h6,8,11,17H,3-5,7H2,1-2H3,(H,14,18). The zero-order chi connectivity index (χ0) is 14.5. The van der Waals surface area contributed by atoms with E-state index in [2.05, 4.69) is 10.3 Å². The van der Waals surface area contributed by atoms with Crippen LogP contribution in [0.4, 0.5) is 0 Å². The summed E-state index contributed by atoms with van der Waals surface area (Å²) in [7, 11) is 1.51. The number of aliphatic hydroxyl groups excluding tert-OH is 1. The molecule has 0 aliphatic heterocycles. The van der Waals surface area contributed by atoms with Crippen LogP contribution in [0.15, 0.2) is 11.6 Å². The Morgan fingerprint density at radius 1 is 1.65 bits per heavy atom. The van der Waals surface area contributed by atoms with Gasteiger partial charge in [0.25, 0.3) is 0 Å². The van der Waals surface area contributed by atoms with Gasteiger partial charge in [0, 0.05) is 37.3 Å². The Hall–Kier alpha value is -1.44. The summed E-state index contributed by atoms with van der Waals surface area (Å²) in [5, 5.41) is 14.2. The van der Waals surface area contributed by atoms with E-state index in [-0.39, 0.29) is 19.1 Å². The summed E-state index contributed by atoms with van der Waals surface area (Å²) in [6.45, 7) is 2.39. The highest BCUT2D eigenvalue weighted by Gasteiger charge is 2.10. The van der Waals surface area contributed by atoms with Crippen LogP contribution in [-0.2, 0) is 16.0 Å². The zero-order valence-corrected chi connectivity index (χ0v) is 12.4. The molecule has 0 aliphatic rings. The monoisotopic (exact) mass is 297 g/mol. The minimum absolute atomic E-state index is 0.0728. The summed E-state index contributed by atoms with van der Waals surface area (Å²) < 4.78 is 6.82. The van der Waals surface area contributed by atoms with Gasteiger partial charge in [0.05, 0.1) is 18.4 Å². The van der Waals surface area contributed by atoms with Crippen LogP contribution in [0, 0.1) is 6.92 Å². The van der Waals surface area contributed by atoms with Crippen LogP contribution in [0.1, 0.15) is 17.8 Å². The lowest BCUT2D eigenvalue weighted by Crippen LogP contribution is -2.34. The van der Waals surface area contributed by atoms with Crippen LogP contribution in [-0.4, -0.2) is 46.8 Å². The smallest absolute Gasteiger partial charge is 0.220 e. The van der Waals surface area contributed by atoms with E-state index in [1.165, 1.54) is 7.11 Å². The van der Waals surface area contributed by atoms with Gasteiger partial charge in [-0.3, -0.25) is 9.20 Å². The lowest BCUT2D eigenvalue weighted by atomic mass is 10.2. The number of aryl methyl sites for hydroxylation is 2. The number of fused-ring (bicyclic) bond motifs is 1. The van der Waals surface area contributed by atoms with Crippen molar-refractivity contribution in [2.75, 3.05) is 20.3 Å².